The Kier molecular flexibility index (Phi) is 7.58. The van der Waals surface area contributed by atoms with Gasteiger partial charge in [-0.1, -0.05) is 20.8 Å². The van der Waals surface area contributed by atoms with Crippen molar-refractivity contribution in [2.75, 3.05) is 18.4 Å². The predicted molar refractivity (Wildman–Crippen MR) is 104 cm³/mol. The van der Waals surface area contributed by atoms with Crippen LogP contribution in [0.15, 0.2) is 23.2 Å². The first kappa shape index (κ1) is 21.6. The van der Waals surface area contributed by atoms with Crippen LogP contribution in [0.4, 0.5) is 5.82 Å². The van der Waals surface area contributed by atoms with E-state index in [-0.39, 0.29) is 29.6 Å². The van der Waals surface area contributed by atoms with Crippen LogP contribution >= 0.6 is 0 Å². The van der Waals surface area contributed by atoms with E-state index >= 15 is 0 Å². The largest absolute Gasteiger partial charge is 0.480 e. The van der Waals surface area contributed by atoms with Crippen molar-refractivity contribution in [2.24, 2.45) is 0 Å². The zero-order valence-electron chi connectivity index (χ0n) is 16.2. The molecule has 0 atom stereocenters. The van der Waals surface area contributed by atoms with Crippen LogP contribution in [0, 0.1) is 0 Å². The van der Waals surface area contributed by atoms with Gasteiger partial charge in [0.1, 0.15) is 10.7 Å². The van der Waals surface area contributed by atoms with Gasteiger partial charge in [0.15, 0.2) is 0 Å². The Morgan fingerprint density at radius 2 is 1.96 bits per heavy atom. The van der Waals surface area contributed by atoms with Crippen LogP contribution in [-0.2, 0) is 14.8 Å². The summed E-state index contributed by atoms with van der Waals surface area (Å²) in [5.74, 6) is -0.185. The van der Waals surface area contributed by atoms with Crippen molar-refractivity contribution in [1.82, 2.24) is 14.6 Å². The van der Waals surface area contributed by atoms with Crippen LogP contribution in [-0.4, -0.2) is 60.6 Å². The molecule has 1 aromatic rings. The highest BCUT2D eigenvalue weighted by atomic mass is 32.2. The lowest BCUT2D eigenvalue weighted by molar-refractivity contribution is -0.139. The van der Waals surface area contributed by atoms with E-state index in [4.69, 9.17) is 5.11 Å². The number of carboxylic acids is 1. The lowest BCUT2D eigenvalue weighted by Gasteiger charge is -2.42. The maximum atomic E-state index is 12.4. The number of carboxylic acid groups (broad SMARTS) is 1. The van der Waals surface area contributed by atoms with E-state index in [1.54, 1.807) is 12.1 Å². The second-order valence-electron chi connectivity index (χ2n) is 6.94. The van der Waals surface area contributed by atoms with Gasteiger partial charge in [0.2, 0.25) is 10.0 Å². The predicted octanol–water partition coefficient (Wildman–Crippen LogP) is 1.90. The number of likely N-dealkylation sites (N-methyl/N-ethyl adjacent to an activating group) is 1. The highest BCUT2D eigenvalue weighted by molar-refractivity contribution is 7.89. The fourth-order valence-corrected chi connectivity index (χ4v) is 4.60. The topological polar surface area (TPSA) is 112 Å². The summed E-state index contributed by atoms with van der Waals surface area (Å²) in [6.07, 6.45) is 4.54. The average Bonchev–Trinajstić information content (AvgIpc) is 2.61. The number of nitrogens with one attached hydrogen (secondary N) is 2. The summed E-state index contributed by atoms with van der Waals surface area (Å²) in [5.41, 5.74) is 0. The van der Waals surface area contributed by atoms with Crippen LogP contribution in [0.3, 0.4) is 0 Å². The van der Waals surface area contributed by atoms with Gasteiger partial charge in [-0.2, -0.15) is 0 Å². The molecule has 0 spiro atoms. The summed E-state index contributed by atoms with van der Waals surface area (Å²) in [5, 5.41) is 12.2. The standard InChI is InChI=1S/C18H30N4O4S/c1-4-13(5-2)21-27(25,26)16-7-8-17(19-11-16)20-14-9-15(10-14)22(6-3)12-18(23)24/h7-8,11,13-15,21H,4-6,9-10,12H2,1-3H3,(H,19,20)(H,23,24). The first-order chi connectivity index (χ1) is 12.8. The summed E-state index contributed by atoms with van der Waals surface area (Å²) in [6, 6.07) is 3.62. The Bertz CT molecular complexity index is 713. The van der Waals surface area contributed by atoms with E-state index in [0.717, 1.165) is 25.7 Å². The minimum Gasteiger partial charge on any atom is -0.480 e. The van der Waals surface area contributed by atoms with Crippen LogP contribution in [0.2, 0.25) is 0 Å². The van der Waals surface area contributed by atoms with Crippen molar-refractivity contribution < 1.29 is 18.3 Å². The molecule has 1 heterocycles. The molecule has 1 fully saturated rings. The van der Waals surface area contributed by atoms with E-state index in [1.807, 2.05) is 25.7 Å². The van der Waals surface area contributed by atoms with Crippen molar-refractivity contribution in [1.29, 1.82) is 0 Å². The molecule has 0 bridgehead atoms. The Balaban J connectivity index is 1.89. The molecule has 1 aromatic heterocycles. The number of hydrogen-bond donors (Lipinski definition) is 3. The van der Waals surface area contributed by atoms with E-state index in [2.05, 4.69) is 15.0 Å². The molecule has 3 N–H and O–H groups in total. The zero-order valence-corrected chi connectivity index (χ0v) is 17.0. The molecular weight excluding hydrogens is 368 g/mol. The number of nitrogens with zero attached hydrogens (tertiary/aromatic N) is 2. The molecule has 0 saturated heterocycles. The Hall–Kier alpha value is -1.71. The van der Waals surface area contributed by atoms with Crippen molar-refractivity contribution in [2.45, 2.75) is 69.5 Å². The lowest BCUT2D eigenvalue weighted by Crippen LogP contribution is -2.51. The number of hydrogen-bond acceptors (Lipinski definition) is 6. The SMILES string of the molecule is CCC(CC)NS(=O)(=O)c1ccc(NC2CC(N(CC)CC(=O)O)C2)nc1. The zero-order chi connectivity index (χ0) is 20.0. The molecule has 8 nitrogen and oxygen atoms in total. The summed E-state index contributed by atoms with van der Waals surface area (Å²) in [7, 11) is -3.56. The highest BCUT2D eigenvalue weighted by Crippen LogP contribution is 2.28. The normalized spacial score (nSPS) is 19.9. The Morgan fingerprint density at radius 1 is 1.30 bits per heavy atom. The molecule has 0 unspecified atom stereocenters. The molecule has 1 aliphatic carbocycles. The number of rotatable bonds is 11. The summed E-state index contributed by atoms with van der Waals surface area (Å²) in [6.45, 7) is 6.62. The lowest BCUT2D eigenvalue weighted by atomic mass is 9.85. The van der Waals surface area contributed by atoms with E-state index in [1.165, 1.54) is 6.20 Å². The van der Waals surface area contributed by atoms with Crippen molar-refractivity contribution in [3.8, 4) is 0 Å². The molecule has 2 rings (SSSR count). The van der Waals surface area contributed by atoms with Gasteiger partial charge in [0, 0.05) is 24.3 Å². The smallest absolute Gasteiger partial charge is 0.317 e. The molecule has 0 radical (unpaired) electrons. The van der Waals surface area contributed by atoms with E-state index < -0.39 is 16.0 Å². The fourth-order valence-electron chi connectivity index (χ4n) is 3.25. The van der Waals surface area contributed by atoms with Gasteiger partial charge >= 0.3 is 5.97 Å². The van der Waals surface area contributed by atoms with E-state index in [0.29, 0.717) is 12.4 Å². The molecule has 0 amide bonds. The molecule has 27 heavy (non-hydrogen) atoms. The van der Waals surface area contributed by atoms with Gasteiger partial charge in [-0.3, -0.25) is 9.69 Å². The first-order valence-corrected chi connectivity index (χ1v) is 11.0. The van der Waals surface area contributed by atoms with Crippen LogP contribution in [0.25, 0.3) is 0 Å². The minimum atomic E-state index is -3.56. The number of aliphatic carboxylic acids is 1. The van der Waals surface area contributed by atoms with Crippen LogP contribution in [0.1, 0.15) is 46.5 Å². The van der Waals surface area contributed by atoms with Gasteiger partial charge in [-0.15, -0.1) is 0 Å². The third kappa shape index (κ3) is 5.88. The third-order valence-corrected chi connectivity index (χ3v) is 6.59. The van der Waals surface area contributed by atoms with Gasteiger partial charge in [-0.05, 0) is 44.4 Å². The van der Waals surface area contributed by atoms with Crippen LogP contribution in [0.5, 0.6) is 0 Å². The monoisotopic (exact) mass is 398 g/mol. The second kappa shape index (κ2) is 9.48. The highest BCUT2D eigenvalue weighted by Gasteiger charge is 2.34. The summed E-state index contributed by atoms with van der Waals surface area (Å²) >= 11 is 0. The van der Waals surface area contributed by atoms with Gasteiger partial charge in [-0.25, -0.2) is 18.1 Å². The van der Waals surface area contributed by atoms with E-state index in [9.17, 15) is 13.2 Å². The van der Waals surface area contributed by atoms with Crippen molar-refractivity contribution in [3.63, 3.8) is 0 Å². The van der Waals surface area contributed by atoms with Gasteiger partial charge < -0.3 is 10.4 Å². The van der Waals surface area contributed by atoms with Crippen LogP contribution < -0.4 is 10.0 Å². The van der Waals surface area contributed by atoms with Crippen molar-refractivity contribution in [3.05, 3.63) is 18.3 Å². The molecule has 1 saturated carbocycles. The Labute approximate surface area is 161 Å². The Morgan fingerprint density at radius 3 is 2.44 bits per heavy atom. The number of anilines is 1. The number of aromatic nitrogens is 1. The fraction of sp³-hybridized carbons (Fsp3) is 0.667. The van der Waals surface area contributed by atoms with Gasteiger partial charge in [0.05, 0.1) is 6.54 Å². The molecule has 152 valence electrons. The average molecular weight is 399 g/mol. The molecule has 0 aromatic carbocycles. The van der Waals surface area contributed by atoms with Gasteiger partial charge in [0.25, 0.3) is 0 Å². The first-order valence-electron chi connectivity index (χ1n) is 9.49. The second-order valence-corrected chi connectivity index (χ2v) is 8.65. The molecule has 0 aliphatic heterocycles. The number of sulfonamides is 1. The summed E-state index contributed by atoms with van der Waals surface area (Å²) < 4.78 is 27.4. The minimum absolute atomic E-state index is 0.0577. The number of pyridine rings is 1. The third-order valence-electron chi connectivity index (χ3n) is 5.08. The number of carbonyl (C=O) groups is 1. The van der Waals surface area contributed by atoms with Crippen molar-refractivity contribution >= 4 is 21.8 Å². The maximum Gasteiger partial charge on any atom is 0.317 e. The molecule has 1 aliphatic rings. The molecule has 9 heteroatoms. The maximum absolute atomic E-state index is 12.4. The quantitative estimate of drug-likeness (QED) is 0.522. The summed E-state index contributed by atoms with van der Waals surface area (Å²) in [4.78, 5) is 17.2. The molecular formula is C18H30N4O4S.